The zero-order valence-corrected chi connectivity index (χ0v) is 19.5. The molecule has 0 fully saturated rings. The van der Waals surface area contributed by atoms with Crippen molar-refractivity contribution in [3.05, 3.63) is 64.3 Å². The van der Waals surface area contributed by atoms with Crippen molar-refractivity contribution in [2.24, 2.45) is 0 Å². The monoisotopic (exact) mass is 456 g/mol. The molecule has 2 aromatic rings. The highest BCUT2D eigenvalue weighted by molar-refractivity contribution is 6.36. The van der Waals surface area contributed by atoms with E-state index < -0.39 is 0 Å². The van der Waals surface area contributed by atoms with Crippen LogP contribution in [0.1, 0.15) is 37.8 Å². The predicted octanol–water partition coefficient (Wildman–Crippen LogP) is 5.06. The molecule has 3 rings (SSSR count). The van der Waals surface area contributed by atoms with Crippen molar-refractivity contribution in [2.45, 2.75) is 33.6 Å². The van der Waals surface area contributed by atoms with Gasteiger partial charge in [0.15, 0.2) is 0 Å². The molecule has 2 amide bonds. The van der Waals surface area contributed by atoms with Crippen molar-refractivity contribution in [1.29, 1.82) is 0 Å². The van der Waals surface area contributed by atoms with Gasteiger partial charge in [0.1, 0.15) is 11.4 Å². The fraction of sp³-hybridized carbons (Fsp3) is 0.360. The molecule has 170 valence electrons. The minimum Gasteiger partial charge on any atom is -0.494 e. The number of hydrogen-bond acceptors (Lipinski definition) is 5. The molecule has 0 aliphatic carbocycles. The van der Waals surface area contributed by atoms with Gasteiger partial charge in [0.25, 0.3) is 11.8 Å². The molecule has 0 saturated carbocycles. The normalized spacial score (nSPS) is 13.8. The molecule has 7 heteroatoms. The minimum atomic E-state index is -0.357. The van der Waals surface area contributed by atoms with Crippen LogP contribution in [0.2, 0.25) is 5.02 Å². The van der Waals surface area contributed by atoms with Crippen molar-refractivity contribution < 1.29 is 19.1 Å². The average molecular weight is 457 g/mol. The second-order valence-corrected chi connectivity index (χ2v) is 7.93. The van der Waals surface area contributed by atoms with Crippen molar-refractivity contribution >= 4 is 34.7 Å². The van der Waals surface area contributed by atoms with Crippen LogP contribution in [0.25, 0.3) is 5.57 Å². The van der Waals surface area contributed by atoms with Crippen LogP contribution in [-0.4, -0.2) is 43.1 Å². The summed E-state index contributed by atoms with van der Waals surface area (Å²) in [5.74, 6) is 0.0420. The summed E-state index contributed by atoms with van der Waals surface area (Å²) in [6.45, 7) is 7.85. The molecule has 1 aliphatic heterocycles. The van der Waals surface area contributed by atoms with Gasteiger partial charge in [-0.15, -0.1) is 0 Å². The third kappa shape index (κ3) is 5.50. The molecule has 1 aliphatic rings. The third-order valence-corrected chi connectivity index (χ3v) is 5.51. The molecule has 0 radical (unpaired) electrons. The molecule has 0 spiro atoms. The molecule has 2 aromatic carbocycles. The average Bonchev–Trinajstić information content (AvgIpc) is 3.02. The summed E-state index contributed by atoms with van der Waals surface area (Å²) in [4.78, 5) is 27.8. The zero-order valence-electron chi connectivity index (χ0n) is 18.7. The van der Waals surface area contributed by atoms with Gasteiger partial charge in [-0.25, -0.2) is 0 Å². The molecule has 32 heavy (non-hydrogen) atoms. The topological polar surface area (TPSA) is 67.9 Å². The molecule has 0 aromatic heterocycles. The Morgan fingerprint density at radius 3 is 2.41 bits per heavy atom. The number of benzene rings is 2. The lowest BCUT2D eigenvalue weighted by atomic mass is 10.0. The van der Waals surface area contributed by atoms with E-state index in [0.717, 1.165) is 17.7 Å². The fourth-order valence-corrected chi connectivity index (χ4v) is 3.57. The molecule has 0 atom stereocenters. The Labute approximate surface area is 194 Å². The largest absolute Gasteiger partial charge is 0.494 e. The van der Waals surface area contributed by atoms with Gasteiger partial charge in [-0.3, -0.25) is 14.5 Å². The van der Waals surface area contributed by atoms with Crippen molar-refractivity contribution in [1.82, 2.24) is 4.90 Å². The first-order valence-corrected chi connectivity index (χ1v) is 11.3. The van der Waals surface area contributed by atoms with Crippen LogP contribution >= 0.6 is 11.6 Å². The summed E-state index contributed by atoms with van der Waals surface area (Å²) >= 11 is 6.26. The lowest BCUT2D eigenvalue weighted by Gasteiger charge is -2.15. The smallest absolute Gasteiger partial charge is 0.278 e. The number of nitrogens with one attached hydrogen (secondary N) is 1. The van der Waals surface area contributed by atoms with Crippen LogP contribution in [-0.2, 0) is 14.3 Å². The summed E-state index contributed by atoms with van der Waals surface area (Å²) < 4.78 is 11.0. The van der Waals surface area contributed by atoms with Gasteiger partial charge < -0.3 is 14.8 Å². The number of ether oxygens (including phenoxy) is 2. The number of halogens is 1. The van der Waals surface area contributed by atoms with Crippen molar-refractivity contribution in [2.75, 3.05) is 31.7 Å². The summed E-state index contributed by atoms with van der Waals surface area (Å²) in [7, 11) is 0. The van der Waals surface area contributed by atoms with Crippen molar-refractivity contribution in [3.63, 3.8) is 0 Å². The highest BCUT2D eigenvalue weighted by Crippen LogP contribution is 2.32. The van der Waals surface area contributed by atoms with Gasteiger partial charge in [-0.05, 0) is 62.1 Å². The maximum atomic E-state index is 13.3. The number of amides is 2. The number of carbonyl (C=O) groups is 2. The Hall–Kier alpha value is -2.83. The second kappa shape index (κ2) is 11.2. The van der Waals surface area contributed by atoms with E-state index in [2.05, 4.69) is 5.32 Å². The molecular formula is C25H29ClN2O4. The van der Waals surface area contributed by atoms with E-state index in [1.807, 2.05) is 45.0 Å². The number of imide groups is 1. The Balaban J connectivity index is 1.92. The number of rotatable bonds is 11. The molecule has 1 heterocycles. The van der Waals surface area contributed by atoms with Crippen LogP contribution in [0.5, 0.6) is 5.75 Å². The molecule has 1 N–H and O–H groups in total. The minimum absolute atomic E-state index is 0.244. The van der Waals surface area contributed by atoms with E-state index in [1.54, 1.807) is 18.2 Å². The standard InChI is InChI=1S/C25H29ClN2O4/c1-4-14-32-20-11-8-18(9-12-20)22-23(27-19-10-7-17(3)21(26)16-19)25(30)28(24(22)29)13-6-15-31-5-2/h7-12,16,27H,4-6,13-15H2,1-3H3. The fourth-order valence-electron chi connectivity index (χ4n) is 3.38. The van der Waals surface area contributed by atoms with Crippen LogP contribution < -0.4 is 10.1 Å². The number of aryl methyl sites for hydroxylation is 1. The van der Waals surface area contributed by atoms with Gasteiger partial charge >= 0.3 is 0 Å². The molecule has 0 bridgehead atoms. The van der Waals surface area contributed by atoms with E-state index >= 15 is 0 Å². The zero-order chi connectivity index (χ0) is 23.1. The van der Waals surface area contributed by atoms with E-state index in [4.69, 9.17) is 21.1 Å². The first-order valence-electron chi connectivity index (χ1n) is 10.9. The number of nitrogens with zero attached hydrogens (tertiary/aromatic N) is 1. The number of carbonyl (C=O) groups excluding carboxylic acids is 2. The highest BCUT2D eigenvalue weighted by Gasteiger charge is 2.38. The third-order valence-electron chi connectivity index (χ3n) is 5.10. The lowest BCUT2D eigenvalue weighted by molar-refractivity contribution is -0.137. The lowest BCUT2D eigenvalue weighted by Crippen LogP contribution is -2.34. The van der Waals surface area contributed by atoms with E-state index in [0.29, 0.717) is 54.6 Å². The molecule has 0 unspecified atom stereocenters. The summed E-state index contributed by atoms with van der Waals surface area (Å²) in [5.41, 5.74) is 2.81. The first-order chi connectivity index (χ1) is 15.5. The number of hydrogen-bond donors (Lipinski definition) is 1. The molecule has 6 nitrogen and oxygen atoms in total. The maximum absolute atomic E-state index is 13.3. The summed E-state index contributed by atoms with van der Waals surface area (Å²) in [6, 6.07) is 12.7. The first kappa shape index (κ1) is 23.8. The Morgan fingerprint density at radius 1 is 1.00 bits per heavy atom. The summed E-state index contributed by atoms with van der Waals surface area (Å²) in [6.07, 6.45) is 1.48. The Bertz CT molecular complexity index is 1000. The van der Waals surface area contributed by atoms with Crippen molar-refractivity contribution in [3.8, 4) is 5.75 Å². The van der Waals surface area contributed by atoms with Crippen LogP contribution in [0.15, 0.2) is 48.2 Å². The Kier molecular flexibility index (Phi) is 8.31. The second-order valence-electron chi connectivity index (χ2n) is 7.52. The molecular weight excluding hydrogens is 428 g/mol. The van der Waals surface area contributed by atoms with Gasteiger partial charge in [0.05, 0.1) is 12.2 Å². The van der Waals surface area contributed by atoms with Gasteiger partial charge in [0.2, 0.25) is 0 Å². The highest BCUT2D eigenvalue weighted by atomic mass is 35.5. The van der Waals surface area contributed by atoms with E-state index in [9.17, 15) is 9.59 Å². The Morgan fingerprint density at radius 2 is 1.75 bits per heavy atom. The van der Waals surface area contributed by atoms with Gasteiger partial charge in [0, 0.05) is 30.5 Å². The quantitative estimate of drug-likeness (QED) is 0.378. The van der Waals surface area contributed by atoms with Gasteiger partial charge in [-0.1, -0.05) is 36.7 Å². The van der Waals surface area contributed by atoms with Crippen LogP contribution in [0, 0.1) is 6.92 Å². The van der Waals surface area contributed by atoms with E-state index in [1.165, 1.54) is 4.90 Å². The maximum Gasteiger partial charge on any atom is 0.278 e. The van der Waals surface area contributed by atoms with E-state index in [-0.39, 0.29) is 17.5 Å². The predicted molar refractivity (Wildman–Crippen MR) is 127 cm³/mol. The molecule has 0 saturated heterocycles. The van der Waals surface area contributed by atoms with Crippen LogP contribution in [0.4, 0.5) is 5.69 Å². The number of anilines is 1. The summed E-state index contributed by atoms with van der Waals surface area (Å²) in [5, 5.41) is 3.72. The van der Waals surface area contributed by atoms with Gasteiger partial charge in [-0.2, -0.15) is 0 Å². The van der Waals surface area contributed by atoms with Crippen LogP contribution in [0.3, 0.4) is 0 Å². The SMILES string of the molecule is CCCOc1ccc(C2=C(Nc3ccc(C)c(Cl)c3)C(=O)N(CCCOCC)C2=O)cc1.